The first kappa shape index (κ1) is 17.6. The molecule has 4 nitrogen and oxygen atoms in total. The van der Waals surface area contributed by atoms with Crippen molar-refractivity contribution in [3.63, 3.8) is 0 Å². The first-order valence-electron chi connectivity index (χ1n) is 7.96. The molecule has 4 heteroatoms. The Labute approximate surface area is 128 Å². The number of hydrogen-bond acceptors (Lipinski definition) is 3. The van der Waals surface area contributed by atoms with Gasteiger partial charge in [0, 0.05) is 19.2 Å². The van der Waals surface area contributed by atoms with Gasteiger partial charge in [-0.1, -0.05) is 19.9 Å². The van der Waals surface area contributed by atoms with E-state index in [1.54, 1.807) is 6.20 Å². The summed E-state index contributed by atoms with van der Waals surface area (Å²) in [6.07, 6.45) is 4.29. The van der Waals surface area contributed by atoms with E-state index < -0.39 is 0 Å². The molecule has 0 bridgehead atoms. The van der Waals surface area contributed by atoms with E-state index in [0.29, 0.717) is 31.3 Å². The maximum atomic E-state index is 12.4. The van der Waals surface area contributed by atoms with Crippen LogP contribution < -0.4 is 5.73 Å². The topological polar surface area (TPSA) is 59.2 Å². The number of carbonyl (C=O) groups is 1. The summed E-state index contributed by atoms with van der Waals surface area (Å²) in [6.45, 7) is 8.44. The summed E-state index contributed by atoms with van der Waals surface area (Å²) in [5.41, 5.74) is 6.60. The van der Waals surface area contributed by atoms with Crippen LogP contribution in [-0.2, 0) is 11.3 Å². The Morgan fingerprint density at radius 1 is 1.33 bits per heavy atom. The quantitative estimate of drug-likeness (QED) is 0.761. The Hall–Kier alpha value is -1.42. The molecule has 0 saturated carbocycles. The highest BCUT2D eigenvalue weighted by atomic mass is 16.2. The van der Waals surface area contributed by atoms with Gasteiger partial charge >= 0.3 is 0 Å². The average molecular weight is 291 g/mol. The number of hydrogen-bond donors (Lipinski definition) is 1. The molecule has 1 rings (SSSR count). The van der Waals surface area contributed by atoms with Crippen LogP contribution in [0.15, 0.2) is 24.4 Å². The smallest absolute Gasteiger partial charge is 0.222 e. The second-order valence-electron chi connectivity index (χ2n) is 5.85. The lowest BCUT2D eigenvalue weighted by Crippen LogP contribution is -2.31. The third kappa shape index (κ3) is 6.25. The van der Waals surface area contributed by atoms with Gasteiger partial charge in [-0.25, -0.2) is 0 Å². The van der Waals surface area contributed by atoms with Crippen molar-refractivity contribution in [2.24, 2.45) is 17.6 Å². The molecule has 1 atom stereocenters. The standard InChI is InChI=1S/C17H29N3O/c1-4-20(13-16-7-5-6-12-19-16)17(21)9-8-15(10-11-18)14(2)3/h5-7,12,14-15H,4,8-11,13,18H2,1-3H3. The van der Waals surface area contributed by atoms with Gasteiger partial charge in [0.2, 0.25) is 5.91 Å². The predicted molar refractivity (Wildman–Crippen MR) is 86.6 cm³/mol. The number of nitrogens with zero attached hydrogens (tertiary/aromatic N) is 2. The van der Waals surface area contributed by atoms with E-state index >= 15 is 0 Å². The van der Waals surface area contributed by atoms with Crippen LogP contribution in [0.4, 0.5) is 0 Å². The zero-order chi connectivity index (χ0) is 15.7. The lowest BCUT2D eigenvalue weighted by Gasteiger charge is -2.24. The average Bonchev–Trinajstić information content (AvgIpc) is 2.49. The van der Waals surface area contributed by atoms with Gasteiger partial charge in [0.1, 0.15) is 0 Å². The van der Waals surface area contributed by atoms with Gasteiger partial charge in [-0.2, -0.15) is 0 Å². The first-order valence-corrected chi connectivity index (χ1v) is 7.96. The molecule has 1 aromatic rings. The van der Waals surface area contributed by atoms with Crippen molar-refractivity contribution in [1.82, 2.24) is 9.88 Å². The zero-order valence-corrected chi connectivity index (χ0v) is 13.6. The SMILES string of the molecule is CCN(Cc1ccccn1)C(=O)CCC(CCN)C(C)C. The summed E-state index contributed by atoms with van der Waals surface area (Å²) in [5, 5.41) is 0. The number of rotatable bonds is 9. The fraction of sp³-hybridized carbons (Fsp3) is 0.647. The number of aromatic nitrogens is 1. The molecule has 0 saturated heterocycles. The van der Waals surface area contributed by atoms with Gasteiger partial charge in [-0.05, 0) is 50.3 Å². The van der Waals surface area contributed by atoms with E-state index in [0.717, 1.165) is 25.1 Å². The van der Waals surface area contributed by atoms with Gasteiger partial charge in [0.25, 0.3) is 0 Å². The molecule has 0 aliphatic rings. The van der Waals surface area contributed by atoms with Crippen LogP contribution in [0.25, 0.3) is 0 Å². The van der Waals surface area contributed by atoms with Crippen molar-refractivity contribution in [2.75, 3.05) is 13.1 Å². The largest absolute Gasteiger partial charge is 0.337 e. The highest BCUT2D eigenvalue weighted by molar-refractivity contribution is 5.76. The molecule has 0 fully saturated rings. The molecule has 1 unspecified atom stereocenters. The second kappa shape index (κ2) is 9.50. The summed E-state index contributed by atoms with van der Waals surface area (Å²) in [7, 11) is 0. The maximum Gasteiger partial charge on any atom is 0.222 e. The molecule has 1 amide bonds. The molecule has 118 valence electrons. The molecule has 1 heterocycles. The minimum Gasteiger partial charge on any atom is -0.337 e. The van der Waals surface area contributed by atoms with E-state index in [4.69, 9.17) is 5.73 Å². The van der Waals surface area contributed by atoms with Crippen molar-refractivity contribution < 1.29 is 4.79 Å². The van der Waals surface area contributed by atoms with Crippen molar-refractivity contribution in [1.29, 1.82) is 0 Å². The third-order valence-electron chi connectivity index (χ3n) is 4.02. The van der Waals surface area contributed by atoms with E-state index in [9.17, 15) is 4.79 Å². The van der Waals surface area contributed by atoms with Gasteiger partial charge < -0.3 is 10.6 Å². The minimum atomic E-state index is 0.214. The van der Waals surface area contributed by atoms with Gasteiger partial charge in [-0.3, -0.25) is 9.78 Å². The fourth-order valence-corrected chi connectivity index (χ4v) is 2.56. The molecule has 0 aliphatic carbocycles. The third-order valence-corrected chi connectivity index (χ3v) is 4.02. The van der Waals surface area contributed by atoms with Crippen LogP contribution >= 0.6 is 0 Å². The van der Waals surface area contributed by atoms with Crippen LogP contribution in [0, 0.1) is 11.8 Å². The highest BCUT2D eigenvalue weighted by Gasteiger charge is 2.17. The van der Waals surface area contributed by atoms with Crippen molar-refractivity contribution >= 4 is 5.91 Å². The Morgan fingerprint density at radius 2 is 2.10 bits per heavy atom. The number of nitrogens with two attached hydrogens (primary N) is 1. The fourth-order valence-electron chi connectivity index (χ4n) is 2.56. The Bertz CT molecular complexity index is 406. The van der Waals surface area contributed by atoms with Gasteiger partial charge in [0.15, 0.2) is 0 Å². The van der Waals surface area contributed by atoms with Crippen molar-refractivity contribution in [2.45, 2.75) is 46.6 Å². The summed E-state index contributed by atoms with van der Waals surface area (Å²) in [4.78, 5) is 18.5. The van der Waals surface area contributed by atoms with Gasteiger partial charge in [-0.15, -0.1) is 0 Å². The molecule has 21 heavy (non-hydrogen) atoms. The summed E-state index contributed by atoms with van der Waals surface area (Å²) in [6, 6.07) is 5.81. The van der Waals surface area contributed by atoms with Crippen LogP contribution in [0.3, 0.4) is 0 Å². The Morgan fingerprint density at radius 3 is 2.62 bits per heavy atom. The lowest BCUT2D eigenvalue weighted by molar-refractivity contribution is -0.132. The van der Waals surface area contributed by atoms with Crippen molar-refractivity contribution in [3.8, 4) is 0 Å². The molecule has 2 N–H and O–H groups in total. The number of pyridine rings is 1. The minimum absolute atomic E-state index is 0.214. The van der Waals surface area contributed by atoms with Crippen LogP contribution in [0.2, 0.25) is 0 Å². The molecule has 0 spiro atoms. The Kier molecular flexibility index (Phi) is 7.98. The van der Waals surface area contributed by atoms with Gasteiger partial charge in [0.05, 0.1) is 12.2 Å². The summed E-state index contributed by atoms with van der Waals surface area (Å²) < 4.78 is 0. The lowest BCUT2D eigenvalue weighted by atomic mass is 9.88. The highest BCUT2D eigenvalue weighted by Crippen LogP contribution is 2.21. The summed E-state index contributed by atoms with van der Waals surface area (Å²) in [5.74, 6) is 1.32. The Balaban J connectivity index is 2.51. The van der Waals surface area contributed by atoms with E-state index in [2.05, 4.69) is 18.8 Å². The number of amides is 1. The molecular weight excluding hydrogens is 262 g/mol. The first-order chi connectivity index (χ1) is 10.1. The molecule has 0 radical (unpaired) electrons. The second-order valence-corrected chi connectivity index (χ2v) is 5.85. The zero-order valence-electron chi connectivity index (χ0n) is 13.6. The monoisotopic (exact) mass is 291 g/mol. The molecular formula is C17H29N3O. The molecule has 0 aromatic carbocycles. The number of carbonyl (C=O) groups excluding carboxylic acids is 1. The normalized spacial score (nSPS) is 12.4. The predicted octanol–water partition coefficient (Wildman–Crippen LogP) is 2.83. The van der Waals surface area contributed by atoms with Crippen LogP contribution in [-0.4, -0.2) is 28.9 Å². The molecule has 0 aliphatic heterocycles. The summed E-state index contributed by atoms with van der Waals surface area (Å²) >= 11 is 0. The van der Waals surface area contributed by atoms with E-state index in [-0.39, 0.29) is 5.91 Å². The maximum absolute atomic E-state index is 12.4. The van der Waals surface area contributed by atoms with Crippen LogP contribution in [0.1, 0.15) is 45.7 Å². The van der Waals surface area contributed by atoms with E-state index in [1.807, 2.05) is 30.0 Å². The van der Waals surface area contributed by atoms with Crippen molar-refractivity contribution in [3.05, 3.63) is 30.1 Å². The molecule has 1 aromatic heterocycles. The van der Waals surface area contributed by atoms with Crippen LogP contribution in [0.5, 0.6) is 0 Å². The van der Waals surface area contributed by atoms with E-state index in [1.165, 1.54) is 0 Å².